The molecule has 0 amide bonds. The lowest BCUT2D eigenvalue weighted by atomic mass is 10.1. The van der Waals surface area contributed by atoms with Crippen LogP contribution in [0.5, 0.6) is 0 Å². The van der Waals surface area contributed by atoms with Gasteiger partial charge in [-0.25, -0.2) is 0 Å². The van der Waals surface area contributed by atoms with Crippen LogP contribution in [-0.4, -0.2) is 30.6 Å². The van der Waals surface area contributed by atoms with Crippen molar-refractivity contribution in [1.82, 2.24) is 0 Å². The Morgan fingerprint density at radius 2 is 1.10 bits per heavy atom. The van der Waals surface area contributed by atoms with E-state index in [1.165, 1.54) is 57.8 Å². The van der Waals surface area contributed by atoms with Crippen molar-refractivity contribution < 1.29 is 23.9 Å². The molecule has 0 saturated heterocycles. The second kappa shape index (κ2) is 21.8. The van der Waals surface area contributed by atoms with Gasteiger partial charge in [-0.05, 0) is 19.3 Å². The van der Waals surface area contributed by atoms with Crippen LogP contribution < -0.4 is 5.73 Å². The third-order valence-electron chi connectivity index (χ3n) is 5.42. The molecule has 0 fully saturated rings. The van der Waals surface area contributed by atoms with Crippen LogP contribution in [0.1, 0.15) is 129 Å². The SMILES string of the molecule is CCCCCCCCCCCC(=O)OC(=O)CCC(N)C(=O)OCCCCCCCC. The number of hydrogen-bond donors (Lipinski definition) is 1. The summed E-state index contributed by atoms with van der Waals surface area (Å²) in [5, 5.41) is 0. The number of hydrogen-bond acceptors (Lipinski definition) is 6. The van der Waals surface area contributed by atoms with Crippen LogP contribution in [-0.2, 0) is 23.9 Å². The molecule has 0 aliphatic rings. The van der Waals surface area contributed by atoms with Crippen LogP contribution in [0.4, 0.5) is 0 Å². The van der Waals surface area contributed by atoms with Gasteiger partial charge in [-0.1, -0.05) is 97.3 Å². The summed E-state index contributed by atoms with van der Waals surface area (Å²) in [6, 6.07) is -0.861. The summed E-state index contributed by atoms with van der Waals surface area (Å²) in [7, 11) is 0. The molecule has 182 valence electrons. The van der Waals surface area contributed by atoms with Gasteiger partial charge in [-0.3, -0.25) is 14.4 Å². The molecule has 0 radical (unpaired) electrons. The van der Waals surface area contributed by atoms with Gasteiger partial charge in [0.1, 0.15) is 6.04 Å². The lowest BCUT2D eigenvalue weighted by molar-refractivity contribution is -0.159. The zero-order chi connectivity index (χ0) is 23.2. The molecule has 0 saturated carbocycles. The molecule has 0 aliphatic heterocycles. The number of rotatable bonds is 21. The second-order valence-electron chi connectivity index (χ2n) is 8.50. The van der Waals surface area contributed by atoms with Gasteiger partial charge in [-0.15, -0.1) is 0 Å². The highest BCUT2D eigenvalue weighted by Gasteiger charge is 2.18. The molecule has 0 rings (SSSR count). The van der Waals surface area contributed by atoms with E-state index >= 15 is 0 Å². The van der Waals surface area contributed by atoms with Gasteiger partial charge in [-0.2, -0.15) is 0 Å². The van der Waals surface area contributed by atoms with Crippen LogP contribution in [0, 0.1) is 0 Å². The highest BCUT2D eigenvalue weighted by Crippen LogP contribution is 2.11. The molecule has 31 heavy (non-hydrogen) atoms. The Labute approximate surface area is 190 Å². The maximum Gasteiger partial charge on any atom is 0.322 e. The van der Waals surface area contributed by atoms with Crippen molar-refractivity contribution in [2.24, 2.45) is 5.73 Å². The molecular weight excluding hydrogens is 394 g/mol. The van der Waals surface area contributed by atoms with Crippen molar-refractivity contribution in [2.45, 2.75) is 135 Å². The molecule has 6 heteroatoms. The number of nitrogens with two attached hydrogens (primary N) is 1. The highest BCUT2D eigenvalue weighted by atomic mass is 16.6. The van der Waals surface area contributed by atoms with E-state index in [-0.39, 0.29) is 19.3 Å². The maximum absolute atomic E-state index is 11.8. The minimum absolute atomic E-state index is 0.0587. The van der Waals surface area contributed by atoms with E-state index in [4.69, 9.17) is 15.2 Å². The molecule has 0 aromatic heterocycles. The first-order chi connectivity index (χ1) is 15.0. The first-order valence-electron chi connectivity index (χ1n) is 12.7. The van der Waals surface area contributed by atoms with E-state index in [1.807, 2.05) is 0 Å². The van der Waals surface area contributed by atoms with Crippen LogP contribution in [0.15, 0.2) is 0 Å². The highest BCUT2D eigenvalue weighted by molar-refractivity contribution is 5.85. The first kappa shape index (κ1) is 29.6. The van der Waals surface area contributed by atoms with E-state index in [2.05, 4.69) is 13.8 Å². The van der Waals surface area contributed by atoms with Gasteiger partial charge in [0.2, 0.25) is 0 Å². The fourth-order valence-corrected chi connectivity index (χ4v) is 3.36. The Hall–Kier alpha value is -1.43. The number of ether oxygens (including phenoxy) is 2. The standard InChI is InChI=1S/C25H47NO5/c1-3-5-7-9-11-12-13-14-16-18-23(27)31-24(28)20-19-22(26)25(29)30-21-17-15-10-8-6-4-2/h22H,3-21,26H2,1-2H3. The van der Waals surface area contributed by atoms with Crippen molar-refractivity contribution in [1.29, 1.82) is 0 Å². The van der Waals surface area contributed by atoms with Crippen molar-refractivity contribution >= 4 is 17.9 Å². The minimum atomic E-state index is -0.861. The molecule has 0 bridgehead atoms. The number of carbonyl (C=O) groups is 3. The zero-order valence-electron chi connectivity index (χ0n) is 20.1. The Balaban J connectivity index is 3.64. The van der Waals surface area contributed by atoms with E-state index < -0.39 is 23.9 Å². The maximum atomic E-state index is 11.8. The molecular formula is C25H47NO5. The van der Waals surface area contributed by atoms with Crippen LogP contribution in [0.25, 0.3) is 0 Å². The largest absolute Gasteiger partial charge is 0.465 e. The Kier molecular flexibility index (Phi) is 20.8. The van der Waals surface area contributed by atoms with Gasteiger partial charge in [0.15, 0.2) is 0 Å². The summed E-state index contributed by atoms with van der Waals surface area (Å²) in [5.41, 5.74) is 5.77. The monoisotopic (exact) mass is 441 g/mol. The average Bonchev–Trinajstić information content (AvgIpc) is 2.75. The molecule has 0 heterocycles. The van der Waals surface area contributed by atoms with Crippen molar-refractivity contribution in [3.05, 3.63) is 0 Å². The van der Waals surface area contributed by atoms with Crippen LogP contribution in [0.2, 0.25) is 0 Å². The van der Waals surface area contributed by atoms with Gasteiger partial charge in [0.25, 0.3) is 0 Å². The zero-order valence-corrected chi connectivity index (χ0v) is 20.1. The topological polar surface area (TPSA) is 95.7 Å². The summed E-state index contributed by atoms with van der Waals surface area (Å²) in [5.74, 6) is -1.62. The molecule has 0 aromatic rings. The number of carbonyl (C=O) groups excluding carboxylic acids is 3. The quantitative estimate of drug-likeness (QED) is 0.134. The summed E-state index contributed by atoms with van der Waals surface area (Å²) in [4.78, 5) is 35.4. The molecule has 0 aliphatic carbocycles. The van der Waals surface area contributed by atoms with E-state index in [9.17, 15) is 14.4 Å². The van der Waals surface area contributed by atoms with Crippen LogP contribution in [0.3, 0.4) is 0 Å². The predicted molar refractivity (Wildman–Crippen MR) is 124 cm³/mol. The molecule has 2 N–H and O–H groups in total. The molecule has 1 atom stereocenters. The third-order valence-corrected chi connectivity index (χ3v) is 5.42. The minimum Gasteiger partial charge on any atom is -0.465 e. The smallest absolute Gasteiger partial charge is 0.322 e. The predicted octanol–water partition coefficient (Wildman–Crippen LogP) is 5.99. The number of unbranched alkanes of at least 4 members (excludes halogenated alkanes) is 13. The van der Waals surface area contributed by atoms with Crippen molar-refractivity contribution in [2.75, 3.05) is 6.61 Å². The summed E-state index contributed by atoms with van der Waals surface area (Å²) >= 11 is 0. The van der Waals surface area contributed by atoms with Gasteiger partial charge in [0, 0.05) is 12.8 Å². The average molecular weight is 442 g/mol. The fourth-order valence-electron chi connectivity index (χ4n) is 3.36. The Morgan fingerprint density at radius 3 is 1.65 bits per heavy atom. The number of esters is 3. The van der Waals surface area contributed by atoms with Gasteiger partial charge in [0.05, 0.1) is 6.61 Å². The summed E-state index contributed by atoms with van der Waals surface area (Å²) in [6.45, 7) is 4.75. The van der Waals surface area contributed by atoms with E-state index in [0.717, 1.165) is 38.5 Å². The Morgan fingerprint density at radius 1 is 0.645 bits per heavy atom. The van der Waals surface area contributed by atoms with E-state index in [1.54, 1.807) is 0 Å². The van der Waals surface area contributed by atoms with E-state index in [0.29, 0.717) is 6.61 Å². The summed E-state index contributed by atoms with van der Waals surface area (Å²) < 4.78 is 9.97. The molecule has 6 nitrogen and oxygen atoms in total. The van der Waals surface area contributed by atoms with Gasteiger partial charge >= 0.3 is 17.9 Å². The second-order valence-corrected chi connectivity index (χ2v) is 8.50. The normalized spacial score (nSPS) is 11.8. The fraction of sp³-hybridized carbons (Fsp3) is 0.880. The Bertz CT molecular complexity index is 467. The lowest BCUT2D eigenvalue weighted by Crippen LogP contribution is -2.33. The van der Waals surface area contributed by atoms with Crippen LogP contribution >= 0.6 is 0 Å². The summed E-state index contributed by atoms with van der Waals surface area (Å²) in [6.07, 6.45) is 17.5. The van der Waals surface area contributed by atoms with Crippen molar-refractivity contribution in [3.63, 3.8) is 0 Å². The third kappa shape index (κ3) is 20.2. The van der Waals surface area contributed by atoms with Gasteiger partial charge < -0.3 is 15.2 Å². The molecule has 0 spiro atoms. The lowest BCUT2D eigenvalue weighted by Gasteiger charge is -2.11. The first-order valence-corrected chi connectivity index (χ1v) is 12.7. The van der Waals surface area contributed by atoms with Crippen molar-refractivity contribution in [3.8, 4) is 0 Å². The molecule has 0 aromatic carbocycles. The molecule has 1 unspecified atom stereocenters.